The van der Waals surface area contributed by atoms with E-state index in [0.717, 1.165) is 18.8 Å². The van der Waals surface area contributed by atoms with Gasteiger partial charge in [0.25, 0.3) is 0 Å². The van der Waals surface area contributed by atoms with Crippen LogP contribution < -0.4 is 10.6 Å². The maximum Gasteiger partial charge on any atom is 0.136 e. The number of nitrogens with two attached hydrogens (primary N) is 1. The Morgan fingerprint density at radius 3 is 2.72 bits per heavy atom. The molecule has 1 aliphatic carbocycles. The van der Waals surface area contributed by atoms with E-state index in [1.165, 1.54) is 25.3 Å². The molecule has 0 spiro atoms. The van der Waals surface area contributed by atoms with Gasteiger partial charge in [0.1, 0.15) is 11.7 Å². The lowest BCUT2D eigenvalue weighted by Crippen LogP contribution is -2.34. The van der Waals surface area contributed by atoms with Crippen LogP contribution in [-0.2, 0) is 0 Å². The fourth-order valence-corrected chi connectivity index (χ4v) is 2.43. The second-order valence-corrected chi connectivity index (χ2v) is 4.88. The zero-order chi connectivity index (χ0) is 13.1. The van der Waals surface area contributed by atoms with Gasteiger partial charge in [0, 0.05) is 13.1 Å². The van der Waals surface area contributed by atoms with Crippen LogP contribution in [0.4, 0.5) is 10.1 Å². The van der Waals surface area contributed by atoms with Crippen LogP contribution in [0.15, 0.2) is 18.2 Å². The highest BCUT2D eigenvalue weighted by Crippen LogP contribution is 2.30. The number of hydrogen-bond acceptors (Lipinski definition) is 2. The Labute approximate surface area is 107 Å². The summed E-state index contributed by atoms with van der Waals surface area (Å²) in [5.41, 5.74) is 6.48. The minimum Gasteiger partial charge on any atom is -0.384 e. The number of amidine groups is 1. The minimum absolute atomic E-state index is 0.199. The van der Waals surface area contributed by atoms with Crippen LogP contribution in [0.1, 0.15) is 31.7 Å². The van der Waals surface area contributed by atoms with E-state index in [1.807, 2.05) is 13.0 Å². The fraction of sp³-hybridized carbons (Fsp3) is 0.500. The second kappa shape index (κ2) is 5.38. The van der Waals surface area contributed by atoms with Gasteiger partial charge in [0.2, 0.25) is 0 Å². The molecule has 4 heteroatoms. The molecule has 2 rings (SSSR count). The van der Waals surface area contributed by atoms with E-state index in [0.29, 0.717) is 5.92 Å². The summed E-state index contributed by atoms with van der Waals surface area (Å²) in [6, 6.07) is 4.89. The van der Waals surface area contributed by atoms with Crippen molar-refractivity contribution < 1.29 is 4.39 Å². The standard InChI is InChI=1S/C14H20FN3/c1-2-18(9-10-5-3-6-10)12-8-4-7-11(15)13(12)14(16)17/h4,7-8,10H,2-3,5-6,9H2,1H3,(H3,16,17). The number of nitrogens with zero attached hydrogens (tertiary/aromatic N) is 1. The average molecular weight is 249 g/mol. The van der Waals surface area contributed by atoms with E-state index in [4.69, 9.17) is 11.1 Å². The van der Waals surface area contributed by atoms with Crippen molar-refractivity contribution in [1.29, 1.82) is 5.41 Å². The molecule has 1 aromatic carbocycles. The van der Waals surface area contributed by atoms with E-state index in [2.05, 4.69) is 4.90 Å². The van der Waals surface area contributed by atoms with Crippen molar-refractivity contribution in [3.8, 4) is 0 Å². The van der Waals surface area contributed by atoms with E-state index >= 15 is 0 Å². The SMILES string of the molecule is CCN(CC1CCC1)c1cccc(F)c1C(=N)N. The molecule has 0 bridgehead atoms. The second-order valence-electron chi connectivity index (χ2n) is 4.88. The van der Waals surface area contributed by atoms with Gasteiger partial charge in [-0.1, -0.05) is 12.5 Å². The third-order valence-electron chi connectivity index (χ3n) is 3.69. The Morgan fingerprint density at radius 1 is 1.50 bits per heavy atom. The van der Waals surface area contributed by atoms with Crippen LogP contribution in [0.2, 0.25) is 0 Å². The molecule has 0 amide bonds. The average Bonchev–Trinajstić information content (AvgIpc) is 2.27. The van der Waals surface area contributed by atoms with E-state index < -0.39 is 5.82 Å². The van der Waals surface area contributed by atoms with Crippen LogP contribution in [0, 0.1) is 17.1 Å². The maximum absolute atomic E-state index is 13.8. The third-order valence-corrected chi connectivity index (χ3v) is 3.69. The molecule has 0 saturated heterocycles. The molecule has 98 valence electrons. The summed E-state index contributed by atoms with van der Waals surface area (Å²) in [5.74, 6) is 0.0928. The molecule has 0 heterocycles. The zero-order valence-electron chi connectivity index (χ0n) is 10.7. The molecule has 0 unspecified atom stereocenters. The summed E-state index contributed by atoms with van der Waals surface area (Å²) in [5, 5.41) is 7.54. The van der Waals surface area contributed by atoms with Crippen molar-refractivity contribution in [2.24, 2.45) is 11.7 Å². The number of benzene rings is 1. The molecule has 0 radical (unpaired) electrons. The van der Waals surface area contributed by atoms with Crippen LogP contribution in [0.5, 0.6) is 0 Å². The van der Waals surface area contributed by atoms with Crippen molar-refractivity contribution >= 4 is 11.5 Å². The Hall–Kier alpha value is -1.58. The van der Waals surface area contributed by atoms with Crippen molar-refractivity contribution in [2.75, 3.05) is 18.0 Å². The molecule has 1 aromatic rings. The summed E-state index contributed by atoms with van der Waals surface area (Å²) < 4.78 is 13.8. The first-order valence-electron chi connectivity index (χ1n) is 6.51. The quantitative estimate of drug-likeness (QED) is 0.622. The summed E-state index contributed by atoms with van der Waals surface area (Å²) >= 11 is 0. The van der Waals surface area contributed by atoms with Crippen molar-refractivity contribution in [3.05, 3.63) is 29.6 Å². The number of halogens is 1. The first-order valence-corrected chi connectivity index (χ1v) is 6.51. The van der Waals surface area contributed by atoms with Gasteiger partial charge in [-0.2, -0.15) is 0 Å². The highest BCUT2D eigenvalue weighted by molar-refractivity contribution is 6.00. The van der Waals surface area contributed by atoms with E-state index in [9.17, 15) is 4.39 Å². The van der Waals surface area contributed by atoms with Crippen molar-refractivity contribution in [2.45, 2.75) is 26.2 Å². The molecule has 18 heavy (non-hydrogen) atoms. The van der Waals surface area contributed by atoms with Gasteiger partial charge in [0.05, 0.1) is 11.3 Å². The van der Waals surface area contributed by atoms with Gasteiger partial charge >= 0.3 is 0 Å². The Balaban J connectivity index is 2.28. The lowest BCUT2D eigenvalue weighted by molar-refractivity contribution is 0.318. The molecule has 1 saturated carbocycles. The number of rotatable bonds is 5. The minimum atomic E-state index is -0.410. The zero-order valence-corrected chi connectivity index (χ0v) is 10.7. The van der Waals surface area contributed by atoms with Gasteiger partial charge in [-0.25, -0.2) is 4.39 Å². The molecule has 0 aromatic heterocycles. The Kier molecular flexibility index (Phi) is 3.84. The first-order chi connectivity index (χ1) is 8.63. The summed E-state index contributed by atoms with van der Waals surface area (Å²) in [6.07, 6.45) is 3.80. The largest absolute Gasteiger partial charge is 0.384 e. The van der Waals surface area contributed by atoms with Crippen LogP contribution in [0.25, 0.3) is 0 Å². The normalized spacial score (nSPS) is 15.2. The summed E-state index contributed by atoms with van der Waals surface area (Å²) in [7, 11) is 0. The topological polar surface area (TPSA) is 53.1 Å². The molecular weight excluding hydrogens is 229 g/mol. The highest BCUT2D eigenvalue weighted by Gasteiger charge is 2.22. The molecule has 1 aliphatic rings. The highest BCUT2D eigenvalue weighted by atomic mass is 19.1. The molecule has 3 nitrogen and oxygen atoms in total. The van der Waals surface area contributed by atoms with Gasteiger partial charge in [-0.05, 0) is 37.8 Å². The predicted molar refractivity (Wildman–Crippen MR) is 72.6 cm³/mol. The first kappa shape index (κ1) is 12.9. The third kappa shape index (κ3) is 2.47. The van der Waals surface area contributed by atoms with Gasteiger partial charge in [-0.3, -0.25) is 5.41 Å². The Bertz CT molecular complexity index is 441. The molecule has 0 atom stereocenters. The van der Waals surface area contributed by atoms with Crippen molar-refractivity contribution in [3.63, 3.8) is 0 Å². The fourth-order valence-electron chi connectivity index (χ4n) is 2.43. The monoisotopic (exact) mass is 249 g/mol. The maximum atomic E-state index is 13.8. The number of nitrogens with one attached hydrogen (secondary N) is 1. The molecule has 1 fully saturated rings. The predicted octanol–water partition coefficient (Wildman–Crippen LogP) is 2.74. The van der Waals surface area contributed by atoms with Crippen LogP contribution in [0.3, 0.4) is 0 Å². The smallest absolute Gasteiger partial charge is 0.136 e. The molecule has 3 N–H and O–H groups in total. The lowest BCUT2D eigenvalue weighted by Gasteiger charge is -2.34. The summed E-state index contributed by atoms with van der Waals surface area (Å²) in [6.45, 7) is 3.79. The van der Waals surface area contributed by atoms with Gasteiger partial charge < -0.3 is 10.6 Å². The van der Waals surface area contributed by atoms with E-state index in [1.54, 1.807) is 6.07 Å². The van der Waals surface area contributed by atoms with Crippen LogP contribution >= 0.6 is 0 Å². The lowest BCUT2D eigenvalue weighted by atomic mass is 9.85. The Morgan fingerprint density at radius 2 is 2.22 bits per heavy atom. The van der Waals surface area contributed by atoms with Crippen LogP contribution in [-0.4, -0.2) is 18.9 Å². The van der Waals surface area contributed by atoms with Gasteiger partial charge in [-0.15, -0.1) is 0 Å². The van der Waals surface area contributed by atoms with E-state index in [-0.39, 0.29) is 11.4 Å². The number of anilines is 1. The summed E-state index contributed by atoms with van der Waals surface area (Å²) in [4.78, 5) is 2.13. The van der Waals surface area contributed by atoms with Crippen molar-refractivity contribution in [1.82, 2.24) is 0 Å². The number of nitrogen functional groups attached to an aromatic ring is 1. The molecular formula is C14H20FN3. The number of hydrogen-bond donors (Lipinski definition) is 2. The van der Waals surface area contributed by atoms with Gasteiger partial charge in [0.15, 0.2) is 0 Å². The molecule has 0 aliphatic heterocycles.